The normalized spacial score (nSPS) is 19.4. The zero-order valence-corrected chi connectivity index (χ0v) is 20.8. The standard InChI is InChI=1S/C30H27F3N4O/c31-30(32,33)26-17-21(19-5-6-19)7-11-24(26)25-12-8-22-16-20(18-3-4-18)9-13-27(22)37(29(25)38)15-1-2-23-10-14-28(34)36-35-23/h7,9-11,13-14,16-19,25H,3-6,8,12,15H2,(H2,34,36). The number of anilines is 2. The molecule has 0 saturated heterocycles. The van der Waals surface area contributed by atoms with E-state index in [4.69, 9.17) is 5.73 Å². The van der Waals surface area contributed by atoms with E-state index < -0.39 is 17.7 Å². The van der Waals surface area contributed by atoms with Crippen LogP contribution in [0.25, 0.3) is 0 Å². The van der Waals surface area contributed by atoms with Gasteiger partial charge in [0.2, 0.25) is 5.91 Å². The molecule has 8 heteroatoms. The summed E-state index contributed by atoms with van der Waals surface area (Å²) in [7, 11) is 0. The number of hydrogen-bond acceptors (Lipinski definition) is 4. The molecular formula is C30H27F3N4O. The van der Waals surface area contributed by atoms with E-state index >= 15 is 0 Å². The molecule has 1 unspecified atom stereocenters. The third kappa shape index (κ3) is 4.98. The van der Waals surface area contributed by atoms with Crippen molar-refractivity contribution in [1.29, 1.82) is 0 Å². The quantitative estimate of drug-likeness (QED) is 0.435. The molecule has 0 bridgehead atoms. The SMILES string of the molecule is Nc1ccc(C#CCN2C(=O)C(c3ccc(C4CC4)cc3C(F)(F)F)CCc3cc(C4CC4)ccc32)nn1. The average molecular weight is 517 g/mol. The number of hydrogen-bond donors (Lipinski definition) is 1. The molecule has 2 aliphatic carbocycles. The molecule has 2 N–H and O–H groups in total. The summed E-state index contributed by atoms with van der Waals surface area (Å²) in [6.45, 7) is 0.0265. The second kappa shape index (κ2) is 9.46. The first-order valence-corrected chi connectivity index (χ1v) is 13.0. The predicted molar refractivity (Wildman–Crippen MR) is 139 cm³/mol. The fourth-order valence-corrected chi connectivity index (χ4v) is 5.33. The monoisotopic (exact) mass is 516 g/mol. The van der Waals surface area contributed by atoms with Gasteiger partial charge in [-0.1, -0.05) is 30.2 Å². The number of alkyl halides is 3. The van der Waals surface area contributed by atoms with Crippen LogP contribution in [0.5, 0.6) is 0 Å². The van der Waals surface area contributed by atoms with Crippen molar-refractivity contribution >= 4 is 17.4 Å². The van der Waals surface area contributed by atoms with Gasteiger partial charge in [0.25, 0.3) is 0 Å². The predicted octanol–water partition coefficient (Wildman–Crippen LogP) is 5.95. The smallest absolute Gasteiger partial charge is 0.382 e. The Morgan fingerprint density at radius 3 is 2.29 bits per heavy atom. The maximum absolute atomic E-state index is 14.3. The Bertz CT molecular complexity index is 1450. The van der Waals surface area contributed by atoms with E-state index in [0.717, 1.165) is 31.2 Å². The van der Waals surface area contributed by atoms with Crippen LogP contribution in [0.2, 0.25) is 0 Å². The molecule has 6 rings (SSSR count). The molecule has 3 aliphatic rings. The van der Waals surface area contributed by atoms with Crippen LogP contribution in [-0.2, 0) is 17.4 Å². The van der Waals surface area contributed by atoms with Crippen LogP contribution in [0, 0.1) is 11.8 Å². The van der Waals surface area contributed by atoms with Gasteiger partial charge in [-0.2, -0.15) is 13.2 Å². The van der Waals surface area contributed by atoms with Crippen molar-refractivity contribution in [2.24, 2.45) is 0 Å². The summed E-state index contributed by atoms with van der Waals surface area (Å²) in [6, 6.07) is 13.8. The number of rotatable bonds is 4. The molecule has 5 nitrogen and oxygen atoms in total. The number of nitrogen functional groups attached to an aromatic ring is 1. The van der Waals surface area contributed by atoms with Crippen LogP contribution < -0.4 is 10.6 Å². The molecule has 194 valence electrons. The molecule has 1 atom stereocenters. The van der Waals surface area contributed by atoms with Crippen molar-refractivity contribution in [2.45, 2.75) is 62.5 Å². The van der Waals surface area contributed by atoms with E-state index in [1.54, 1.807) is 18.2 Å². The number of nitrogens with zero attached hydrogens (tertiary/aromatic N) is 3. The number of halogens is 3. The van der Waals surface area contributed by atoms with Crippen LogP contribution in [0.15, 0.2) is 48.5 Å². The summed E-state index contributed by atoms with van der Waals surface area (Å²) in [5.74, 6) is 5.56. The highest BCUT2D eigenvalue weighted by molar-refractivity contribution is 6.00. The lowest BCUT2D eigenvalue weighted by molar-refractivity contribution is -0.138. The molecule has 1 aromatic heterocycles. The van der Waals surface area contributed by atoms with Gasteiger partial charge >= 0.3 is 6.18 Å². The Labute approximate surface area is 219 Å². The van der Waals surface area contributed by atoms with Crippen LogP contribution in [0.4, 0.5) is 24.7 Å². The minimum Gasteiger partial charge on any atom is -0.382 e. The van der Waals surface area contributed by atoms with Gasteiger partial charge in [-0.15, -0.1) is 10.2 Å². The van der Waals surface area contributed by atoms with Crippen molar-refractivity contribution in [3.8, 4) is 11.8 Å². The molecule has 3 aromatic rings. The topological polar surface area (TPSA) is 72.1 Å². The second-order valence-electron chi connectivity index (χ2n) is 10.4. The van der Waals surface area contributed by atoms with Gasteiger partial charge < -0.3 is 5.73 Å². The number of nitrogens with two attached hydrogens (primary N) is 1. The summed E-state index contributed by atoms with van der Waals surface area (Å²) < 4.78 is 42.8. The fourth-order valence-electron chi connectivity index (χ4n) is 5.33. The maximum Gasteiger partial charge on any atom is 0.416 e. The number of carbonyl (C=O) groups excluding carboxylic acids is 1. The van der Waals surface area contributed by atoms with Crippen LogP contribution in [0.3, 0.4) is 0 Å². The highest BCUT2D eigenvalue weighted by Gasteiger charge is 2.40. The van der Waals surface area contributed by atoms with Gasteiger partial charge in [-0.3, -0.25) is 9.69 Å². The Hall–Kier alpha value is -3.86. The Balaban J connectivity index is 1.38. The van der Waals surface area contributed by atoms with E-state index in [1.807, 2.05) is 12.1 Å². The van der Waals surface area contributed by atoms with Crippen LogP contribution in [-0.4, -0.2) is 22.6 Å². The molecule has 0 spiro atoms. The van der Waals surface area contributed by atoms with Gasteiger partial charge in [0.15, 0.2) is 0 Å². The van der Waals surface area contributed by atoms with E-state index in [9.17, 15) is 18.0 Å². The summed E-state index contributed by atoms with van der Waals surface area (Å²) >= 11 is 0. The zero-order chi connectivity index (χ0) is 26.4. The molecule has 38 heavy (non-hydrogen) atoms. The zero-order valence-electron chi connectivity index (χ0n) is 20.8. The van der Waals surface area contributed by atoms with Crippen molar-refractivity contribution < 1.29 is 18.0 Å². The van der Waals surface area contributed by atoms with Gasteiger partial charge in [0.05, 0.1) is 18.0 Å². The van der Waals surface area contributed by atoms with Crippen molar-refractivity contribution in [3.05, 3.63) is 82.0 Å². The van der Waals surface area contributed by atoms with Crippen LogP contribution >= 0.6 is 0 Å². The second-order valence-corrected chi connectivity index (χ2v) is 10.4. The van der Waals surface area contributed by atoms with E-state index in [2.05, 4.69) is 28.1 Å². The molecule has 2 saturated carbocycles. The lowest BCUT2D eigenvalue weighted by Gasteiger charge is -2.26. The highest BCUT2D eigenvalue weighted by Crippen LogP contribution is 2.46. The number of amides is 1. The highest BCUT2D eigenvalue weighted by atomic mass is 19.4. The summed E-state index contributed by atoms with van der Waals surface area (Å²) in [5.41, 5.74) is 8.94. The number of fused-ring (bicyclic) bond motifs is 1. The first-order chi connectivity index (χ1) is 18.3. The number of aryl methyl sites for hydroxylation is 1. The van der Waals surface area contributed by atoms with Gasteiger partial charge in [-0.25, -0.2) is 0 Å². The Morgan fingerprint density at radius 2 is 1.63 bits per heavy atom. The molecule has 0 radical (unpaired) electrons. The Kier molecular flexibility index (Phi) is 6.10. The van der Waals surface area contributed by atoms with E-state index in [0.29, 0.717) is 35.7 Å². The third-order valence-corrected chi connectivity index (χ3v) is 7.66. The lowest BCUT2D eigenvalue weighted by atomic mass is 9.87. The molecule has 2 fully saturated rings. The maximum atomic E-state index is 14.3. The van der Waals surface area contributed by atoms with Crippen molar-refractivity contribution in [1.82, 2.24) is 10.2 Å². The van der Waals surface area contributed by atoms with E-state index in [1.165, 1.54) is 22.6 Å². The molecule has 2 aromatic carbocycles. The third-order valence-electron chi connectivity index (χ3n) is 7.66. The number of aromatic nitrogens is 2. The largest absolute Gasteiger partial charge is 0.416 e. The Morgan fingerprint density at radius 1 is 0.921 bits per heavy atom. The number of benzene rings is 2. The molecule has 1 aliphatic heterocycles. The molecule has 1 amide bonds. The summed E-state index contributed by atoms with van der Waals surface area (Å²) in [5, 5.41) is 7.72. The fraction of sp³-hybridized carbons (Fsp3) is 0.367. The van der Waals surface area contributed by atoms with Crippen molar-refractivity contribution in [3.63, 3.8) is 0 Å². The van der Waals surface area contributed by atoms with Crippen molar-refractivity contribution in [2.75, 3.05) is 17.2 Å². The first kappa shape index (κ1) is 24.5. The molecule has 2 heterocycles. The van der Waals surface area contributed by atoms with E-state index in [-0.39, 0.29) is 29.8 Å². The minimum absolute atomic E-state index is 0.0265. The summed E-state index contributed by atoms with van der Waals surface area (Å²) in [6.07, 6.45) is 0.365. The molecular weight excluding hydrogens is 489 g/mol. The van der Waals surface area contributed by atoms with Gasteiger partial charge in [-0.05, 0) is 103 Å². The average Bonchev–Trinajstić information content (AvgIpc) is 3.80. The van der Waals surface area contributed by atoms with Gasteiger partial charge in [0.1, 0.15) is 11.5 Å². The lowest BCUT2D eigenvalue weighted by Crippen LogP contribution is -2.35. The van der Waals surface area contributed by atoms with Crippen LogP contribution in [0.1, 0.15) is 83.4 Å². The first-order valence-electron chi connectivity index (χ1n) is 13.0. The van der Waals surface area contributed by atoms with Gasteiger partial charge in [0, 0.05) is 5.69 Å². The summed E-state index contributed by atoms with van der Waals surface area (Å²) in [4.78, 5) is 15.5. The minimum atomic E-state index is -4.54. The number of carbonyl (C=O) groups is 1.